The summed E-state index contributed by atoms with van der Waals surface area (Å²) in [4.78, 5) is 0. The van der Waals surface area contributed by atoms with Gasteiger partial charge < -0.3 is 4.74 Å². The van der Waals surface area contributed by atoms with E-state index in [0.717, 1.165) is 12.1 Å². The monoisotopic (exact) mass is 260 g/mol. The molecule has 0 aliphatic heterocycles. The fraction of sp³-hybridized carbons (Fsp3) is 0.182. The molecule has 0 bridgehead atoms. The second kappa shape index (κ2) is 4.32. The highest BCUT2D eigenvalue weighted by Crippen LogP contribution is 2.36. The van der Waals surface area contributed by atoms with Crippen LogP contribution in [0, 0.1) is 5.82 Å². The van der Waals surface area contributed by atoms with Gasteiger partial charge in [-0.3, -0.25) is 5.10 Å². The molecule has 0 saturated carbocycles. The van der Waals surface area contributed by atoms with Crippen molar-refractivity contribution >= 4 is 0 Å². The van der Waals surface area contributed by atoms with Crippen LogP contribution in [0.25, 0.3) is 11.3 Å². The van der Waals surface area contributed by atoms with Crippen LogP contribution in [0.2, 0.25) is 0 Å². The van der Waals surface area contributed by atoms with Gasteiger partial charge in [-0.15, -0.1) is 0 Å². The van der Waals surface area contributed by atoms with Gasteiger partial charge >= 0.3 is 6.18 Å². The summed E-state index contributed by atoms with van der Waals surface area (Å²) >= 11 is 0. The standard InChI is InChI=1S/C11H8F4N2O/c1-18-8-3-6(2-7(12)4-8)10-9(5-16-17-10)11(13,14)15/h2-5H,1H3,(H,16,17). The Balaban J connectivity index is 2.56. The summed E-state index contributed by atoms with van der Waals surface area (Å²) in [6.07, 6.45) is -3.89. The van der Waals surface area contributed by atoms with Crippen molar-refractivity contribution in [2.75, 3.05) is 7.11 Å². The molecule has 1 aromatic carbocycles. The number of alkyl halides is 3. The lowest BCUT2D eigenvalue weighted by Crippen LogP contribution is -2.05. The Labute approximate surface area is 99.4 Å². The topological polar surface area (TPSA) is 37.9 Å². The van der Waals surface area contributed by atoms with E-state index in [1.165, 1.54) is 13.2 Å². The fourth-order valence-electron chi connectivity index (χ4n) is 1.55. The third kappa shape index (κ3) is 2.29. The molecule has 1 N–H and O–H groups in total. The highest BCUT2D eigenvalue weighted by atomic mass is 19.4. The minimum Gasteiger partial charge on any atom is -0.497 e. The summed E-state index contributed by atoms with van der Waals surface area (Å²) in [6, 6.07) is 3.35. The Hall–Kier alpha value is -2.05. The lowest BCUT2D eigenvalue weighted by Gasteiger charge is -2.08. The SMILES string of the molecule is COc1cc(F)cc(-c2[nH]ncc2C(F)(F)F)c1. The molecule has 2 rings (SSSR count). The molecule has 2 aromatic rings. The first-order chi connectivity index (χ1) is 8.41. The Morgan fingerprint density at radius 1 is 1.22 bits per heavy atom. The van der Waals surface area contributed by atoms with Gasteiger partial charge in [-0.2, -0.15) is 18.3 Å². The van der Waals surface area contributed by atoms with Gasteiger partial charge in [-0.05, 0) is 12.1 Å². The summed E-state index contributed by atoms with van der Waals surface area (Å²) < 4.78 is 56.0. The highest BCUT2D eigenvalue weighted by molar-refractivity contribution is 5.65. The molecule has 3 nitrogen and oxygen atoms in total. The molecule has 0 aliphatic carbocycles. The number of nitrogens with one attached hydrogen (secondary N) is 1. The van der Waals surface area contributed by atoms with Crippen molar-refractivity contribution < 1.29 is 22.3 Å². The van der Waals surface area contributed by atoms with E-state index >= 15 is 0 Å². The predicted molar refractivity (Wildman–Crippen MR) is 55.5 cm³/mol. The third-order valence-electron chi connectivity index (χ3n) is 2.34. The van der Waals surface area contributed by atoms with E-state index in [4.69, 9.17) is 4.74 Å². The van der Waals surface area contributed by atoms with Crippen molar-refractivity contribution in [1.29, 1.82) is 0 Å². The van der Waals surface area contributed by atoms with Gasteiger partial charge in [0.2, 0.25) is 0 Å². The molecule has 7 heteroatoms. The van der Waals surface area contributed by atoms with Gasteiger partial charge in [-0.25, -0.2) is 4.39 Å². The first kappa shape index (κ1) is 12.4. The third-order valence-corrected chi connectivity index (χ3v) is 2.34. The Morgan fingerprint density at radius 2 is 1.94 bits per heavy atom. The van der Waals surface area contributed by atoms with Crippen molar-refractivity contribution in [3.8, 4) is 17.0 Å². The van der Waals surface area contributed by atoms with Crippen LogP contribution in [0.4, 0.5) is 17.6 Å². The van der Waals surface area contributed by atoms with Crippen LogP contribution >= 0.6 is 0 Å². The van der Waals surface area contributed by atoms with Crippen LogP contribution < -0.4 is 4.74 Å². The number of rotatable bonds is 2. The van der Waals surface area contributed by atoms with Crippen molar-refractivity contribution in [3.63, 3.8) is 0 Å². The minimum atomic E-state index is -4.55. The van der Waals surface area contributed by atoms with Gasteiger partial charge in [0.25, 0.3) is 0 Å². The summed E-state index contributed by atoms with van der Waals surface area (Å²) in [6.45, 7) is 0. The second-order valence-electron chi connectivity index (χ2n) is 3.54. The smallest absolute Gasteiger partial charge is 0.420 e. The number of H-pyrrole nitrogens is 1. The molecular formula is C11H8F4N2O. The van der Waals surface area contributed by atoms with Gasteiger partial charge in [0, 0.05) is 11.6 Å². The zero-order valence-corrected chi connectivity index (χ0v) is 9.18. The summed E-state index contributed by atoms with van der Waals surface area (Å²) in [5, 5.41) is 5.56. The van der Waals surface area contributed by atoms with Crippen molar-refractivity contribution in [2.45, 2.75) is 6.18 Å². The van der Waals surface area contributed by atoms with Crippen LogP contribution in [0.5, 0.6) is 5.75 Å². The number of aromatic amines is 1. The second-order valence-corrected chi connectivity index (χ2v) is 3.54. The number of benzene rings is 1. The molecule has 0 spiro atoms. The van der Waals surface area contributed by atoms with Crippen LogP contribution in [-0.4, -0.2) is 17.3 Å². The van der Waals surface area contributed by atoms with Crippen molar-refractivity contribution in [3.05, 3.63) is 35.8 Å². The number of nitrogens with zero attached hydrogens (tertiary/aromatic N) is 1. The number of methoxy groups -OCH3 is 1. The zero-order valence-electron chi connectivity index (χ0n) is 9.18. The molecule has 0 aliphatic rings. The normalized spacial score (nSPS) is 11.6. The zero-order chi connectivity index (χ0) is 13.3. The summed E-state index contributed by atoms with van der Waals surface area (Å²) in [7, 11) is 1.30. The number of ether oxygens (including phenoxy) is 1. The molecule has 96 valence electrons. The Kier molecular flexibility index (Phi) is 2.98. The molecule has 0 atom stereocenters. The van der Waals surface area contributed by atoms with E-state index in [1.54, 1.807) is 0 Å². The molecule has 1 aromatic heterocycles. The first-order valence-electron chi connectivity index (χ1n) is 4.87. The van der Waals surface area contributed by atoms with E-state index in [0.29, 0.717) is 6.20 Å². The molecule has 0 unspecified atom stereocenters. The largest absolute Gasteiger partial charge is 0.497 e. The number of aromatic nitrogens is 2. The quantitative estimate of drug-likeness (QED) is 0.842. The average molecular weight is 260 g/mol. The van der Waals surface area contributed by atoms with Crippen LogP contribution in [0.3, 0.4) is 0 Å². The lowest BCUT2D eigenvalue weighted by atomic mass is 10.1. The number of halogens is 4. The minimum absolute atomic E-state index is 0.0247. The van der Waals surface area contributed by atoms with Crippen LogP contribution in [0.1, 0.15) is 5.56 Å². The van der Waals surface area contributed by atoms with E-state index < -0.39 is 17.6 Å². The highest BCUT2D eigenvalue weighted by Gasteiger charge is 2.35. The maximum absolute atomic E-state index is 13.2. The van der Waals surface area contributed by atoms with Gasteiger partial charge in [0.1, 0.15) is 17.1 Å². The molecular weight excluding hydrogens is 252 g/mol. The Morgan fingerprint density at radius 3 is 2.56 bits per heavy atom. The molecule has 0 fully saturated rings. The van der Waals surface area contributed by atoms with E-state index in [2.05, 4.69) is 10.2 Å². The molecule has 18 heavy (non-hydrogen) atoms. The van der Waals surface area contributed by atoms with Gasteiger partial charge in [-0.1, -0.05) is 0 Å². The van der Waals surface area contributed by atoms with Crippen LogP contribution in [-0.2, 0) is 6.18 Å². The molecule has 0 radical (unpaired) electrons. The molecule has 1 heterocycles. The van der Waals surface area contributed by atoms with Gasteiger partial charge in [0.05, 0.1) is 19.0 Å². The lowest BCUT2D eigenvalue weighted by molar-refractivity contribution is -0.137. The van der Waals surface area contributed by atoms with Crippen molar-refractivity contribution in [1.82, 2.24) is 10.2 Å². The predicted octanol–water partition coefficient (Wildman–Crippen LogP) is 3.24. The number of hydrogen-bond acceptors (Lipinski definition) is 2. The van der Waals surface area contributed by atoms with E-state index in [1.807, 2.05) is 0 Å². The average Bonchev–Trinajstić information content (AvgIpc) is 2.76. The first-order valence-corrected chi connectivity index (χ1v) is 4.87. The summed E-state index contributed by atoms with van der Waals surface area (Å²) in [5.74, 6) is -0.556. The van der Waals surface area contributed by atoms with Crippen LogP contribution in [0.15, 0.2) is 24.4 Å². The fourth-order valence-corrected chi connectivity index (χ4v) is 1.55. The summed E-state index contributed by atoms with van der Waals surface area (Å²) in [5.41, 5.74) is -1.22. The van der Waals surface area contributed by atoms with E-state index in [9.17, 15) is 17.6 Å². The molecule has 0 saturated heterocycles. The van der Waals surface area contributed by atoms with Gasteiger partial charge in [0.15, 0.2) is 0 Å². The van der Waals surface area contributed by atoms with Crippen molar-refractivity contribution in [2.24, 2.45) is 0 Å². The maximum Gasteiger partial charge on any atom is 0.420 e. The van der Waals surface area contributed by atoms with E-state index in [-0.39, 0.29) is 17.0 Å². The Bertz CT molecular complexity index is 562. The molecule has 0 amide bonds. The maximum atomic E-state index is 13.2. The number of hydrogen-bond donors (Lipinski definition) is 1.